The fraction of sp³-hybridized carbons (Fsp3) is 0.588. The van der Waals surface area contributed by atoms with Crippen molar-refractivity contribution in [1.29, 1.82) is 0 Å². The smallest absolute Gasteiger partial charge is 0.226 e. The first-order valence-electron chi connectivity index (χ1n) is 7.77. The summed E-state index contributed by atoms with van der Waals surface area (Å²) in [6.45, 7) is 3.60. The first kappa shape index (κ1) is 16.6. The number of carbonyl (C=O) groups excluding carboxylic acids is 1. The van der Waals surface area contributed by atoms with E-state index in [2.05, 4.69) is 12.2 Å². The van der Waals surface area contributed by atoms with Gasteiger partial charge < -0.3 is 19.9 Å². The van der Waals surface area contributed by atoms with Gasteiger partial charge in [-0.2, -0.15) is 0 Å². The second-order valence-electron chi connectivity index (χ2n) is 6.33. The number of nitrogens with zero attached hydrogens (tertiary/aromatic N) is 2. The standard InChI is InChI=1S/C17H27N3O2/c1-12-11-20(5)17(21)9-13-8-14(19(3)4)6-7-15(13)22-16(12)10-18-2/h6-8,12,16,18H,9-11H2,1-5H3/t12-,16-/m1/s1. The van der Waals surface area contributed by atoms with Gasteiger partial charge in [0.1, 0.15) is 11.9 Å². The van der Waals surface area contributed by atoms with Gasteiger partial charge in [0.05, 0.1) is 6.42 Å². The average Bonchev–Trinajstić information content (AvgIpc) is 2.50. The molecule has 1 heterocycles. The van der Waals surface area contributed by atoms with Gasteiger partial charge in [0.15, 0.2) is 0 Å². The Hall–Kier alpha value is -1.75. The van der Waals surface area contributed by atoms with Crippen molar-refractivity contribution in [1.82, 2.24) is 10.2 Å². The van der Waals surface area contributed by atoms with Crippen LogP contribution in [0.3, 0.4) is 0 Å². The lowest BCUT2D eigenvalue weighted by Gasteiger charge is -2.27. The third kappa shape index (κ3) is 3.71. The molecule has 122 valence electrons. The van der Waals surface area contributed by atoms with E-state index in [1.807, 2.05) is 56.2 Å². The molecular formula is C17H27N3O2. The second-order valence-corrected chi connectivity index (χ2v) is 6.33. The highest BCUT2D eigenvalue weighted by Crippen LogP contribution is 2.28. The molecule has 0 aromatic heterocycles. The third-order valence-electron chi connectivity index (χ3n) is 4.21. The minimum atomic E-state index is 0.0438. The average molecular weight is 305 g/mol. The number of ether oxygens (including phenoxy) is 1. The fourth-order valence-corrected chi connectivity index (χ4v) is 2.77. The van der Waals surface area contributed by atoms with Crippen molar-refractivity contribution >= 4 is 11.6 Å². The number of amides is 1. The van der Waals surface area contributed by atoms with Gasteiger partial charge in [0.25, 0.3) is 0 Å². The molecular weight excluding hydrogens is 278 g/mol. The summed E-state index contributed by atoms with van der Waals surface area (Å²) in [5, 5.41) is 3.19. The molecule has 5 nitrogen and oxygen atoms in total. The third-order valence-corrected chi connectivity index (χ3v) is 4.21. The summed E-state index contributed by atoms with van der Waals surface area (Å²) in [7, 11) is 7.79. The molecule has 0 fully saturated rings. The predicted octanol–water partition coefficient (Wildman–Crippen LogP) is 1.37. The number of likely N-dealkylation sites (N-methyl/N-ethyl adjacent to an activating group) is 2. The number of benzene rings is 1. The van der Waals surface area contributed by atoms with Crippen molar-refractivity contribution in [3.05, 3.63) is 23.8 Å². The predicted molar refractivity (Wildman–Crippen MR) is 89.6 cm³/mol. The summed E-state index contributed by atoms with van der Waals surface area (Å²) in [6.07, 6.45) is 0.425. The Morgan fingerprint density at radius 2 is 2.14 bits per heavy atom. The lowest BCUT2D eigenvalue weighted by Crippen LogP contribution is -2.41. The van der Waals surface area contributed by atoms with Gasteiger partial charge in [-0.3, -0.25) is 4.79 Å². The van der Waals surface area contributed by atoms with Crippen LogP contribution in [0.4, 0.5) is 5.69 Å². The zero-order valence-electron chi connectivity index (χ0n) is 14.2. The lowest BCUT2D eigenvalue weighted by molar-refractivity contribution is -0.129. The molecule has 1 aliphatic rings. The summed E-state index contributed by atoms with van der Waals surface area (Å²) >= 11 is 0. The van der Waals surface area contributed by atoms with E-state index in [1.54, 1.807) is 0 Å². The first-order chi connectivity index (χ1) is 10.4. The Balaban J connectivity index is 2.40. The molecule has 5 heteroatoms. The molecule has 0 saturated carbocycles. The van der Waals surface area contributed by atoms with Crippen molar-refractivity contribution in [3.8, 4) is 5.75 Å². The normalized spacial score (nSPS) is 22.2. The molecule has 0 saturated heterocycles. The fourth-order valence-electron chi connectivity index (χ4n) is 2.77. The summed E-state index contributed by atoms with van der Waals surface area (Å²) in [5.41, 5.74) is 2.04. The number of anilines is 1. The van der Waals surface area contributed by atoms with Gasteiger partial charge in [0.2, 0.25) is 5.91 Å². The minimum Gasteiger partial charge on any atom is -0.488 e. The number of carbonyl (C=O) groups is 1. The Labute approximate surface area is 133 Å². The van der Waals surface area contributed by atoms with Gasteiger partial charge >= 0.3 is 0 Å². The Morgan fingerprint density at radius 3 is 2.77 bits per heavy atom. The van der Waals surface area contributed by atoms with Gasteiger partial charge in [-0.25, -0.2) is 0 Å². The van der Waals surface area contributed by atoms with E-state index in [4.69, 9.17) is 4.74 Å². The minimum absolute atomic E-state index is 0.0438. The summed E-state index contributed by atoms with van der Waals surface area (Å²) < 4.78 is 6.24. The van der Waals surface area contributed by atoms with E-state index in [9.17, 15) is 4.79 Å². The number of nitrogens with one attached hydrogen (secondary N) is 1. The van der Waals surface area contributed by atoms with E-state index in [0.717, 1.165) is 23.5 Å². The van der Waals surface area contributed by atoms with Crippen LogP contribution in [0.1, 0.15) is 12.5 Å². The van der Waals surface area contributed by atoms with Crippen LogP contribution in [0.15, 0.2) is 18.2 Å². The zero-order valence-corrected chi connectivity index (χ0v) is 14.2. The molecule has 0 radical (unpaired) electrons. The van der Waals surface area contributed by atoms with Crippen molar-refractivity contribution < 1.29 is 9.53 Å². The van der Waals surface area contributed by atoms with Crippen LogP contribution in [0.2, 0.25) is 0 Å². The number of fused-ring (bicyclic) bond motifs is 1. The molecule has 0 unspecified atom stereocenters. The second kappa shape index (κ2) is 7.01. The van der Waals surface area contributed by atoms with Crippen LogP contribution in [0.25, 0.3) is 0 Å². The molecule has 0 aliphatic carbocycles. The van der Waals surface area contributed by atoms with Crippen LogP contribution in [0, 0.1) is 5.92 Å². The number of rotatable bonds is 3. The maximum absolute atomic E-state index is 12.4. The van der Waals surface area contributed by atoms with E-state index < -0.39 is 0 Å². The Bertz CT molecular complexity index is 531. The largest absolute Gasteiger partial charge is 0.488 e. The van der Waals surface area contributed by atoms with Gasteiger partial charge in [-0.05, 0) is 25.2 Å². The van der Waals surface area contributed by atoms with E-state index in [0.29, 0.717) is 13.0 Å². The quantitative estimate of drug-likeness (QED) is 0.916. The van der Waals surface area contributed by atoms with Gasteiger partial charge in [-0.15, -0.1) is 0 Å². The van der Waals surface area contributed by atoms with Crippen molar-refractivity contribution in [3.63, 3.8) is 0 Å². The highest BCUT2D eigenvalue weighted by atomic mass is 16.5. The van der Waals surface area contributed by atoms with Crippen LogP contribution < -0.4 is 15.0 Å². The molecule has 2 atom stereocenters. The van der Waals surface area contributed by atoms with Gasteiger partial charge in [0, 0.05) is 51.4 Å². The Morgan fingerprint density at radius 1 is 1.41 bits per heavy atom. The maximum Gasteiger partial charge on any atom is 0.226 e. The first-order valence-corrected chi connectivity index (χ1v) is 7.77. The van der Waals surface area contributed by atoms with Crippen LogP contribution in [-0.4, -0.2) is 58.2 Å². The van der Waals surface area contributed by atoms with Crippen molar-refractivity contribution in [2.75, 3.05) is 46.2 Å². The molecule has 1 amide bonds. The molecule has 1 aromatic carbocycles. The van der Waals surface area contributed by atoms with Crippen LogP contribution in [-0.2, 0) is 11.2 Å². The SMILES string of the molecule is CNC[C@H]1Oc2ccc(N(C)C)cc2CC(=O)N(C)C[C@H]1C. The van der Waals surface area contributed by atoms with E-state index >= 15 is 0 Å². The lowest BCUT2D eigenvalue weighted by atomic mass is 10.0. The Kier molecular flexibility index (Phi) is 5.29. The van der Waals surface area contributed by atoms with Crippen molar-refractivity contribution in [2.24, 2.45) is 5.92 Å². The summed E-state index contributed by atoms with van der Waals surface area (Å²) in [6, 6.07) is 6.07. The highest BCUT2D eigenvalue weighted by Gasteiger charge is 2.26. The zero-order chi connectivity index (χ0) is 16.3. The van der Waals surface area contributed by atoms with Crippen molar-refractivity contribution in [2.45, 2.75) is 19.4 Å². The molecule has 1 N–H and O–H groups in total. The summed E-state index contributed by atoms with van der Waals surface area (Å²) in [5.74, 6) is 1.22. The molecule has 2 rings (SSSR count). The topological polar surface area (TPSA) is 44.8 Å². The maximum atomic E-state index is 12.4. The highest BCUT2D eigenvalue weighted by molar-refractivity contribution is 5.80. The number of hydrogen-bond acceptors (Lipinski definition) is 4. The number of hydrogen-bond donors (Lipinski definition) is 1. The molecule has 22 heavy (non-hydrogen) atoms. The molecule has 0 bridgehead atoms. The molecule has 1 aliphatic heterocycles. The summed E-state index contributed by atoms with van der Waals surface area (Å²) in [4.78, 5) is 16.3. The van der Waals surface area contributed by atoms with Crippen LogP contribution >= 0.6 is 0 Å². The molecule has 1 aromatic rings. The van der Waals surface area contributed by atoms with Crippen LogP contribution in [0.5, 0.6) is 5.75 Å². The monoisotopic (exact) mass is 305 g/mol. The molecule has 0 spiro atoms. The van der Waals surface area contributed by atoms with Gasteiger partial charge in [-0.1, -0.05) is 6.92 Å². The van der Waals surface area contributed by atoms with E-state index in [1.165, 1.54) is 0 Å². The van der Waals surface area contributed by atoms with E-state index in [-0.39, 0.29) is 17.9 Å².